The van der Waals surface area contributed by atoms with Crippen LogP contribution < -0.4 is 10.1 Å². The number of nitrogens with zero attached hydrogens (tertiary/aromatic N) is 3. The quantitative estimate of drug-likeness (QED) is 0.846. The lowest BCUT2D eigenvalue weighted by Gasteiger charge is -2.22. The molecule has 1 N–H and O–H groups in total. The third-order valence-electron chi connectivity index (χ3n) is 1.99. The Balaban J connectivity index is 2.70. The molecule has 1 aromatic rings. The lowest BCUT2D eigenvalue weighted by molar-refractivity contribution is 0.0342. The van der Waals surface area contributed by atoms with Crippen LogP contribution in [0.3, 0.4) is 0 Å². The SMILES string of the molecule is COc1nc(Cl)nc(NCC(C)(C)OC)n1. The van der Waals surface area contributed by atoms with E-state index in [1.165, 1.54) is 7.11 Å². The zero-order valence-corrected chi connectivity index (χ0v) is 10.5. The monoisotopic (exact) mass is 246 g/mol. The van der Waals surface area contributed by atoms with Crippen LogP contribution in [0, 0.1) is 0 Å². The van der Waals surface area contributed by atoms with Crippen LogP contribution in [-0.2, 0) is 4.74 Å². The van der Waals surface area contributed by atoms with Crippen molar-refractivity contribution in [1.82, 2.24) is 15.0 Å². The maximum atomic E-state index is 5.70. The molecule has 0 amide bonds. The van der Waals surface area contributed by atoms with Gasteiger partial charge in [-0.15, -0.1) is 0 Å². The summed E-state index contributed by atoms with van der Waals surface area (Å²) in [6.07, 6.45) is 0. The van der Waals surface area contributed by atoms with Crippen molar-refractivity contribution in [2.75, 3.05) is 26.1 Å². The molecule has 0 saturated heterocycles. The van der Waals surface area contributed by atoms with Gasteiger partial charge in [0.25, 0.3) is 0 Å². The molecule has 0 fully saturated rings. The molecular formula is C9H15ClN4O2. The number of halogens is 1. The summed E-state index contributed by atoms with van der Waals surface area (Å²) in [5, 5.41) is 3.09. The van der Waals surface area contributed by atoms with E-state index in [1.54, 1.807) is 7.11 Å². The number of ether oxygens (including phenoxy) is 2. The van der Waals surface area contributed by atoms with Gasteiger partial charge in [0.1, 0.15) is 0 Å². The van der Waals surface area contributed by atoms with Crippen LogP contribution in [0.4, 0.5) is 5.95 Å². The molecule has 0 spiro atoms. The highest BCUT2D eigenvalue weighted by Crippen LogP contribution is 2.13. The Morgan fingerprint density at radius 2 is 1.94 bits per heavy atom. The number of methoxy groups -OCH3 is 2. The van der Waals surface area contributed by atoms with Crippen LogP contribution in [0.25, 0.3) is 0 Å². The molecule has 16 heavy (non-hydrogen) atoms. The van der Waals surface area contributed by atoms with Crippen LogP contribution in [-0.4, -0.2) is 41.3 Å². The highest BCUT2D eigenvalue weighted by Gasteiger charge is 2.16. The van der Waals surface area contributed by atoms with Gasteiger partial charge in [0.15, 0.2) is 0 Å². The second-order valence-electron chi connectivity index (χ2n) is 3.73. The fraction of sp³-hybridized carbons (Fsp3) is 0.667. The van der Waals surface area contributed by atoms with Gasteiger partial charge >= 0.3 is 6.01 Å². The molecule has 0 radical (unpaired) electrons. The molecule has 0 aliphatic carbocycles. The number of hydrogen-bond donors (Lipinski definition) is 1. The van der Waals surface area contributed by atoms with E-state index in [0.29, 0.717) is 12.5 Å². The van der Waals surface area contributed by atoms with Crippen molar-refractivity contribution in [3.05, 3.63) is 5.28 Å². The zero-order chi connectivity index (χ0) is 12.2. The molecule has 90 valence electrons. The average Bonchev–Trinajstić information content (AvgIpc) is 2.26. The van der Waals surface area contributed by atoms with Gasteiger partial charge in [0.05, 0.1) is 12.7 Å². The lowest BCUT2D eigenvalue weighted by atomic mass is 10.1. The van der Waals surface area contributed by atoms with Gasteiger partial charge in [0.2, 0.25) is 11.2 Å². The molecule has 0 aliphatic rings. The number of hydrogen-bond acceptors (Lipinski definition) is 6. The summed E-state index contributed by atoms with van der Waals surface area (Å²) in [6, 6.07) is 0.178. The normalized spacial score (nSPS) is 11.3. The zero-order valence-electron chi connectivity index (χ0n) is 9.74. The summed E-state index contributed by atoms with van der Waals surface area (Å²) in [6.45, 7) is 4.44. The van der Waals surface area contributed by atoms with E-state index < -0.39 is 0 Å². The number of rotatable bonds is 5. The molecule has 7 heteroatoms. The van der Waals surface area contributed by atoms with Gasteiger partial charge in [-0.2, -0.15) is 15.0 Å². The summed E-state index contributed by atoms with van der Waals surface area (Å²) in [5.74, 6) is 0.363. The van der Waals surface area contributed by atoms with Crippen LogP contribution >= 0.6 is 11.6 Å². The summed E-state index contributed by atoms with van der Waals surface area (Å²) in [5.41, 5.74) is -0.313. The lowest BCUT2D eigenvalue weighted by Crippen LogP contribution is -2.32. The Morgan fingerprint density at radius 1 is 1.25 bits per heavy atom. The van der Waals surface area contributed by atoms with Crippen LogP contribution in [0.2, 0.25) is 5.28 Å². The highest BCUT2D eigenvalue weighted by atomic mass is 35.5. The molecule has 0 unspecified atom stereocenters. The first-order valence-corrected chi connectivity index (χ1v) is 5.09. The third-order valence-corrected chi connectivity index (χ3v) is 2.16. The Morgan fingerprint density at radius 3 is 2.50 bits per heavy atom. The summed E-state index contributed by atoms with van der Waals surface area (Å²) >= 11 is 5.70. The summed E-state index contributed by atoms with van der Waals surface area (Å²) in [4.78, 5) is 11.7. The van der Waals surface area contributed by atoms with Crippen LogP contribution in [0.5, 0.6) is 6.01 Å². The minimum absolute atomic E-state index is 0.0876. The minimum atomic E-state index is -0.313. The molecule has 1 rings (SSSR count). The maximum Gasteiger partial charge on any atom is 0.322 e. The van der Waals surface area contributed by atoms with Crippen molar-refractivity contribution in [1.29, 1.82) is 0 Å². The molecule has 0 atom stereocenters. The van der Waals surface area contributed by atoms with Gasteiger partial charge in [-0.05, 0) is 25.4 Å². The van der Waals surface area contributed by atoms with E-state index in [2.05, 4.69) is 20.3 Å². The van der Waals surface area contributed by atoms with Crippen molar-refractivity contribution in [2.45, 2.75) is 19.4 Å². The summed E-state index contributed by atoms with van der Waals surface area (Å²) < 4.78 is 10.1. The minimum Gasteiger partial charge on any atom is -0.467 e. The third kappa shape index (κ3) is 3.79. The number of anilines is 1. The fourth-order valence-electron chi connectivity index (χ4n) is 0.866. The van der Waals surface area contributed by atoms with Crippen molar-refractivity contribution in [3.63, 3.8) is 0 Å². The van der Waals surface area contributed by atoms with Crippen molar-refractivity contribution >= 4 is 17.5 Å². The van der Waals surface area contributed by atoms with Crippen molar-refractivity contribution in [3.8, 4) is 6.01 Å². The van der Waals surface area contributed by atoms with Crippen molar-refractivity contribution in [2.24, 2.45) is 0 Å². The van der Waals surface area contributed by atoms with E-state index in [1.807, 2.05) is 13.8 Å². The first-order chi connectivity index (χ1) is 7.46. The van der Waals surface area contributed by atoms with Gasteiger partial charge in [-0.25, -0.2) is 0 Å². The van der Waals surface area contributed by atoms with Gasteiger partial charge in [-0.3, -0.25) is 0 Å². The Bertz CT molecular complexity index is 359. The van der Waals surface area contributed by atoms with Gasteiger partial charge < -0.3 is 14.8 Å². The molecule has 1 heterocycles. The Hall–Kier alpha value is -1.14. The molecule has 0 saturated carbocycles. The molecule has 0 aliphatic heterocycles. The average molecular weight is 247 g/mol. The van der Waals surface area contributed by atoms with E-state index >= 15 is 0 Å². The fourth-order valence-corrected chi connectivity index (χ4v) is 1.02. The molecule has 6 nitrogen and oxygen atoms in total. The van der Waals surface area contributed by atoms with E-state index in [9.17, 15) is 0 Å². The number of nitrogens with one attached hydrogen (secondary N) is 1. The summed E-state index contributed by atoms with van der Waals surface area (Å²) in [7, 11) is 3.11. The Labute approximate surface area is 99.4 Å². The second kappa shape index (κ2) is 5.27. The van der Waals surface area contributed by atoms with E-state index in [-0.39, 0.29) is 16.9 Å². The topological polar surface area (TPSA) is 69.2 Å². The van der Waals surface area contributed by atoms with E-state index in [4.69, 9.17) is 21.1 Å². The van der Waals surface area contributed by atoms with Crippen LogP contribution in [0.1, 0.15) is 13.8 Å². The predicted octanol–water partition coefficient (Wildman–Crippen LogP) is 1.37. The predicted molar refractivity (Wildman–Crippen MR) is 61.0 cm³/mol. The second-order valence-corrected chi connectivity index (χ2v) is 4.07. The maximum absolute atomic E-state index is 5.70. The highest BCUT2D eigenvalue weighted by molar-refractivity contribution is 6.28. The molecule has 0 bridgehead atoms. The van der Waals surface area contributed by atoms with Gasteiger partial charge in [0, 0.05) is 13.7 Å². The molecular weight excluding hydrogens is 232 g/mol. The first-order valence-electron chi connectivity index (χ1n) is 4.71. The first kappa shape index (κ1) is 12.9. The van der Waals surface area contributed by atoms with Gasteiger partial charge in [-0.1, -0.05) is 0 Å². The van der Waals surface area contributed by atoms with Crippen LogP contribution in [0.15, 0.2) is 0 Å². The molecule has 0 aromatic carbocycles. The smallest absolute Gasteiger partial charge is 0.322 e. The largest absolute Gasteiger partial charge is 0.467 e. The van der Waals surface area contributed by atoms with Crippen molar-refractivity contribution < 1.29 is 9.47 Å². The number of aromatic nitrogens is 3. The standard InChI is InChI=1S/C9H15ClN4O2/c1-9(2,16-4)5-11-7-12-6(10)13-8(14-7)15-3/h5H2,1-4H3,(H,11,12,13,14). The Kier molecular flexibility index (Phi) is 4.26. The molecule has 1 aromatic heterocycles. The van der Waals surface area contributed by atoms with E-state index in [0.717, 1.165) is 0 Å².